The highest BCUT2D eigenvalue weighted by Crippen LogP contribution is 2.22. The lowest BCUT2D eigenvalue weighted by molar-refractivity contribution is 0.686. The normalized spacial score (nSPS) is 11.2. The number of hydrogen-bond donors (Lipinski definition) is 2. The van der Waals surface area contributed by atoms with Crippen LogP contribution in [0.5, 0.6) is 0 Å². The monoisotopic (exact) mass is 236 g/mol. The molecule has 0 aliphatic carbocycles. The van der Waals surface area contributed by atoms with Gasteiger partial charge in [0.05, 0.1) is 5.39 Å². The summed E-state index contributed by atoms with van der Waals surface area (Å²) in [6.45, 7) is 5.28. The van der Waals surface area contributed by atoms with E-state index in [-0.39, 0.29) is 0 Å². The van der Waals surface area contributed by atoms with Crippen LogP contribution in [0.1, 0.15) is 13.8 Å². The van der Waals surface area contributed by atoms with Crippen LogP contribution in [0.4, 0.5) is 5.82 Å². The second-order valence-electron chi connectivity index (χ2n) is 4.07. The quantitative estimate of drug-likeness (QED) is 0.633. The third-order valence-electron chi connectivity index (χ3n) is 2.26. The number of hydrogen-bond acceptors (Lipinski definition) is 4. The highest BCUT2D eigenvalue weighted by Gasteiger charge is 2.07. The van der Waals surface area contributed by atoms with Crippen molar-refractivity contribution in [3.8, 4) is 0 Å². The summed E-state index contributed by atoms with van der Waals surface area (Å²) in [5, 5.41) is 5.21. The maximum Gasteiger partial charge on any atom is 0.191 e. The molecule has 0 amide bonds. The first-order valence-electron chi connectivity index (χ1n) is 5.33. The number of thioether (sulfide) groups is 1. The maximum absolute atomic E-state index is 4.48. The molecule has 16 heavy (non-hydrogen) atoms. The fourth-order valence-corrected chi connectivity index (χ4v) is 1.81. The van der Waals surface area contributed by atoms with Gasteiger partial charge in [-0.05, 0) is 18.2 Å². The third-order valence-corrected chi connectivity index (χ3v) is 2.80. The van der Waals surface area contributed by atoms with Crippen molar-refractivity contribution < 1.29 is 0 Å². The number of fused-ring (bicyclic) bond motifs is 1. The standard InChI is InChI=1S/C11H16N4S/c1-7(2)6-13-10-8-4-5-12-9(8)14-11(15-10)16-3/h4-5,7H,6H2,1-3H3,(H2,12,13,14,15). The van der Waals surface area contributed by atoms with Crippen molar-refractivity contribution in [3.05, 3.63) is 12.3 Å². The fourth-order valence-electron chi connectivity index (χ4n) is 1.45. The van der Waals surface area contributed by atoms with E-state index in [0.29, 0.717) is 5.92 Å². The van der Waals surface area contributed by atoms with E-state index in [2.05, 4.69) is 34.1 Å². The number of aromatic amines is 1. The topological polar surface area (TPSA) is 53.6 Å². The lowest BCUT2D eigenvalue weighted by Gasteiger charge is -2.09. The van der Waals surface area contributed by atoms with E-state index < -0.39 is 0 Å². The number of H-pyrrole nitrogens is 1. The predicted octanol–water partition coefficient (Wildman–Crippen LogP) is 2.75. The van der Waals surface area contributed by atoms with Crippen LogP contribution in [0, 0.1) is 5.92 Å². The van der Waals surface area contributed by atoms with E-state index >= 15 is 0 Å². The van der Waals surface area contributed by atoms with Crippen LogP contribution in [0.25, 0.3) is 11.0 Å². The van der Waals surface area contributed by atoms with Crippen molar-refractivity contribution in [2.45, 2.75) is 19.0 Å². The summed E-state index contributed by atoms with van der Waals surface area (Å²) in [4.78, 5) is 12.0. The SMILES string of the molecule is CSc1nc(NCC(C)C)c2cc[nH]c2n1. The Morgan fingerprint density at radius 1 is 1.44 bits per heavy atom. The molecule has 0 aliphatic heterocycles. The molecular formula is C11H16N4S. The molecule has 0 aliphatic rings. The third kappa shape index (κ3) is 2.29. The zero-order valence-corrected chi connectivity index (χ0v) is 10.6. The van der Waals surface area contributed by atoms with Gasteiger partial charge >= 0.3 is 0 Å². The smallest absolute Gasteiger partial charge is 0.191 e. The first-order chi connectivity index (χ1) is 7.70. The van der Waals surface area contributed by atoms with Gasteiger partial charge in [-0.2, -0.15) is 0 Å². The molecule has 5 heteroatoms. The summed E-state index contributed by atoms with van der Waals surface area (Å²) in [6.07, 6.45) is 3.88. The molecule has 2 aromatic rings. The molecule has 0 radical (unpaired) electrons. The van der Waals surface area contributed by atoms with Crippen LogP contribution in [-0.2, 0) is 0 Å². The van der Waals surface area contributed by atoms with Crippen LogP contribution in [0.2, 0.25) is 0 Å². The van der Waals surface area contributed by atoms with Gasteiger partial charge in [0.25, 0.3) is 0 Å². The predicted molar refractivity (Wildman–Crippen MR) is 69.0 cm³/mol. The average molecular weight is 236 g/mol. The van der Waals surface area contributed by atoms with E-state index in [1.165, 1.54) is 0 Å². The minimum Gasteiger partial charge on any atom is -0.369 e. The van der Waals surface area contributed by atoms with E-state index in [1.807, 2.05) is 18.5 Å². The highest BCUT2D eigenvalue weighted by atomic mass is 32.2. The molecule has 0 aromatic carbocycles. The number of anilines is 1. The van der Waals surface area contributed by atoms with E-state index in [1.54, 1.807) is 11.8 Å². The summed E-state index contributed by atoms with van der Waals surface area (Å²) in [6, 6.07) is 2.00. The first-order valence-corrected chi connectivity index (χ1v) is 6.56. The van der Waals surface area contributed by atoms with E-state index in [9.17, 15) is 0 Å². The lowest BCUT2D eigenvalue weighted by atomic mass is 10.2. The van der Waals surface area contributed by atoms with Gasteiger partial charge in [0.15, 0.2) is 5.16 Å². The molecule has 2 N–H and O–H groups in total. The molecule has 0 fully saturated rings. The van der Waals surface area contributed by atoms with Gasteiger partial charge < -0.3 is 10.3 Å². The average Bonchev–Trinajstić information content (AvgIpc) is 2.73. The molecule has 86 valence electrons. The van der Waals surface area contributed by atoms with Gasteiger partial charge in [0, 0.05) is 12.7 Å². The van der Waals surface area contributed by atoms with Crippen molar-refractivity contribution in [2.75, 3.05) is 18.1 Å². The number of nitrogens with zero attached hydrogens (tertiary/aromatic N) is 2. The van der Waals surface area contributed by atoms with Crippen molar-refractivity contribution >= 4 is 28.6 Å². The van der Waals surface area contributed by atoms with Crippen LogP contribution >= 0.6 is 11.8 Å². The zero-order valence-electron chi connectivity index (χ0n) is 9.74. The molecule has 0 atom stereocenters. The van der Waals surface area contributed by atoms with Crippen molar-refractivity contribution in [2.24, 2.45) is 5.92 Å². The lowest BCUT2D eigenvalue weighted by Crippen LogP contribution is -2.10. The Morgan fingerprint density at radius 3 is 2.94 bits per heavy atom. The Balaban J connectivity index is 2.36. The molecule has 2 rings (SSSR count). The van der Waals surface area contributed by atoms with Crippen LogP contribution in [-0.4, -0.2) is 27.8 Å². The van der Waals surface area contributed by atoms with Gasteiger partial charge in [-0.15, -0.1) is 0 Å². The minimum atomic E-state index is 0.599. The number of rotatable bonds is 4. The van der Waals surface area contributed by atoms with Crippen LogP contribution in [0.3, 0.4) is 0 Å². The van der Waals surface area contributed by atoms with E-state index in [0.717, 1.165) is 28.6 Å². The number of aromatic nitrogens is 3. The molecule has 2 heterocycles. The summed E-state index contributed by atoms with van der Waals surface area (Å²) in [5.41, 5.74) is 0.894. The Hall–Kier alpha value is -1.23. The van der Waals surface area contributed by atoms with Gasteiger partial charge in [-0.1, -0.05) is 25.6 Å². The zero-order chi connectivity index (χ0) is 11.5. The molecule has 0 saturated carbocycles. The molecule has 2 aromatic heterocycles. The summed E-state index contributed by atoms with van der Waals surface area (Å²) >= 11 is 1.55. The van der Waals surface area contributed by atoms with Gasteiger partial charge in [-0.25, -0.2) is 9.97 Å². The Kier molecular flexibility index (Phi) is 3.33. The molecule has 0 unspecified atom stereocenters. The van der Waals surface area contributed by atoms with Gasteiger partial charge in [-0.3, -0.25) is 0 Å². The minimum absolute atomic E-state index is 0.599. The number of nitrogens with one attached hydrogen (secondary N) is 2. The molecule has 0 spiro atoms. The molecule has 4 nitrogen and oxygen atoms in total. The fraction of sp³-hybridized carbons (Fsp3) is 0.455. The molecule has 0 bridgehead atoms. The molecular weight excluding hydrogens is 220 g/mol. The second-order valence-corrected chi connectivity index (χ2v) is 4.85. The Labute approximate surface area is 99.3 Å². The molecule has 0 saturated heterocycles. The summed E-state index contributed by atoms with van der Waals surface area (Å²) in [5.74, 6) is 1.52. The van der Waals surface area contributed by atoms with Gasteiger partial charge in [0.2, 0.25) is 0 Å². The summed E-state index contributed by atoms with van der Waals surface area (Å²) < 4.78 is 0. The first kappa shape index (κ1) is 11.3. The van der Waals surface area contributed by atoms with E-state index in [4.69, 9.17) is 0 Å². The van der Waals surface area contributed by atoms with Crippen molar-refractivity contribution in [1.29, 1.82) is 0 Å². The maximum atomic E-state index is 4.48. The highest BCUT2D eigenvalue weighted by molar-refractivity contribution is 7.98. The van der Waals surface area contributed by atoms with Crippen molar-refractivity contribution in [3.63, 3.8) is 0 Å². The second kappa shape index (κ2) is 4.74. The van der Waals surface area contributed by atoms with Crippen LogP contribution < -0.4 is 5.32 Å². The summed E-state index contributed by atoms with van der Waals surface area (Å²) in [7, 11) is 0. The van der Waals surface area contributed by atoms with Crippen LogP contribution in [0.15, 0.2) is 17.4 Å². The largest absolute Gasteiger partial charge is 0.369 e. The van der Waals surface area contributed by atoms with Crippen molar-refractivity contribution in [1.82, 2.24) is 15.0 Å². The van der Waals surface area contributed by atoms with Gasteiger partial charge in [0.1, 0.15) is 11.5 Å². The Morgan fingerprint density at radius 2 is 2.25 bits per heavy atom. The Bertz CT molecular complexity index is 478.